The lowest BCUT2D eigenvalue weighted by atomic mass is 10.0. The first-order valence-corrected chi connectivity index (χ1v) is 8.34. The van der Waals surface area contributed by atoms with Gasteiger partial charge in [0.05, 0.1) is 0 Å². The van der Waals surface area contributed by atoms with Crippen LogP contribution in [0.25, 0.3) is 10.9 Å². The van der Waals surface area contributed by atoms with E-state index in [-0.39, 0.29) is 5.91 Å². The van der Waals surface area contributed by atoms with E-state index in [2.05, 4.69) is 16.4 Å². The second kappa shape index (κ2) is 7.66. The van der Waals surface area contributed by atoms with Crippen LogP contribution >= 0.6 is 0 Å². The summed E-state index contributed by atoms with van der Waals surface area (Å²) in [6.45, 7) is 0. The average Bonchev–Trinajstić information content (AvgIpc) is 3.03. The lowest BCUT2D eigenvalue weighted by molar-refractivity contribution is -0.127. The molecule has 1 unspecified atom stereocenters. The maximum atomic E-state index is 12.2. The van der Waals surface area contributed by atoms with Crippen LogP contribution < -0.4 is 11.1 Å². The van der Waals surface area contributed by atoms with Crippen LogP contribution in [-0.2, 0) is 16.0 Å². The first-order valence-electron chi connectivity index (χ1n) is 8.34. The van der Waals surface area contributed by atoms with Crippen LogP contribution in [0.5, 0.6) is 0 Å². The van der Waals surface area contributed by atoms with E-state index in [9.17, 15) is 9.59 Å². The second-order valence-electron chi connectivity index (χ2n) is 6.03. The molecule has 5 nitrogen and oxygen atoms in total. The van der Waals surface area contributed by atoms with E-state index in [1.165, 1.54) is 10.9 Å². The van der Waals surface area contributed by atoms with Gasteiger partial charge in [-0.3, -0.25) is 9.59 Å². The van der Waals surface area contributed by atoms with Gasteiger partial charge < -0.3 is 16.0 Å². The van der Waals surface area contributed by atoms with E-state index in [0.717, 1.165) is 11.9 Å². The molecule has 0 aliphatic carbocycles. The second-order valence-corrected chi connectivity index (χ2v) is 6.03. The van der Waals surface area contributed by atoms with Crippen molar-refractivity contribution in [1.82, 2.24) is 10.3 Å². The number of fused-ring (bicyclic) bond motifs is 1. The number of primary amides is 1. The van der Waals surface area contributed by atoms with Crippen molar-refractivity contribution in [1.29, 1.82) is 0 Å². The van der Waals surface area contributed by atoms with Gasteiger partial charge >= 0.3 is 0 Å². The number of amides is 2. The summed E-state index contributed by atoms with van der Waals surface area (Å²) in [6, 6.07) is 16.3. The van der Waals surface area contributed by atoms with E-state index < -0.39 is 11.9 Å². The maximum Gasteiger partial charge on any atom is 0.244 e. The van der Waals surface area contributed by atoms with Gasteiger partial charge in [-0.1, -0.05) is 48.5 Å². The molecule has 3 rings (SSSR count). The highest BCUT2D eigenvalue weighted by Gasteiger charge is 2.19. The number of nitrogens with two attached hydrogens (primary N) is 1. The molecule has 0 saturated heterocycles. The zero-order valence-electron chi connectivity index (χ0n) is 13.9. The highest BCUT2D eigenvalue weighted by atomic mass is 16.2. The van der Waals surface area contributed by atoms with E-state index >= 15 is 0 Å². The Labute approximate surface area is 146 Å². The summed E-state index contributed by atoms with van der Waals surface area (Å²) in [5, 5.41) is 3.91. The molecule has 128 valence electrons. The largest absolute Gasteiger partial charge is 0.368 e. The molecular formula is C20H21N3O2. The Bertz CT molecular complexity index is 871. The predicted octanol–water partition coefficient (Wildman–Crippen LogP) is 2.83. The summed E-state index contributed by atoms with van der Waals surface area (Å²) in [6.07, 6.45) is 3.83. The number of para-hydroxylation sites is 1. The fourth-order valence-electron chi connectivity index (χ4n) is 2.98. The fraction of sp³-hybridized carbons (Fsp3) is 0.200. The minimum atomic E-state index is -0.790. The monoisotopic (exact) mass is 335 g/mol. The van der Waals surface area contributed by atoms with Crippen LogP contribution in [-0.4, -0.2) is 16.8 Å². The van der Waals surface area contributed by atoms with Gasteiger partial charge in [-0.05, 0) is 30.0 Å². The third-order valence-electron chi connectivity index (χ3n) is 4.25. The lowest BCUT2D eigenvalue weighted by Gasteiger charge is -2.15. The molecule has 2 aromatic carbocycles. The number of benzene rings is 2. The first kappa shape index (κ1) is 16.8. The molecule has 0 radical (unpaired) electrons. The normalized spacial score (nSPS) is 12.0. The standard InChI is InChI=1S/C20H21N3O2/c21-20(25)19(14-7-2-1-3-8-14)23-18(24)12-6-9-15-13-22-17-11-5-4-10-16(15)17/h1-5,7-8,10-11,13,19,22H,6,9,12H2,(H2,21,25)(H,23,24). The SMILES string of the molecule is NC(=O)C(NC(=O)CCCc1c[nH]c2ccccc12)c1ccccc1. The van der Waals surface area contributed by atoms with Crippen LogP contribution in [0, 0.1) is 0 Å². The summed E-state index contributed by atoms with van der Waals surface area (Å²) in [5.41, 5.74) is 8.41. The highest BCUT2D eigenvalue weighted by molar-refractivity contribution is 5.87. The van der Waals surface area contributed by atoms with Gasteiger partial charge in [-0.25, -0.2) is 0 Å². The van der Waals surface area contributed by atoms with Crippen molar-refractivity contribution < 1.29 is 9.59 Å². The molecule has 4 N–H and O–H groups in total. The maximum absolute atomic E-state index is 12.2. The molecular weight excluding hydrogens is 314 g/mol. The summed E-state index contributed by atoms with van der Waals surface area (Å²) in [4.78, 5) is 27.1. The Morgan fingerprint density at radius 3 is 2.52 bits per heavy atom. The third kappa shape index (κ3) is 4.07. The summed E-state index contributed by atoms with van der Waals surface area (Å²) >= 11 is 0. The van der Waals surface area contributed by atoms with Crippen LogP contribution in [0.3, 0.4) is 0 Å². The van der Waals surface area contributed by atoms with Crippen LogP contribution in [0.1, 0.15) is 30.0 Å². The molecule has 0 aliphatic rings. The number of carbonyl (C=O) groups is 2. The van der Waals surface area contributed by atoms with Crippen molar-refractivity contribution in [3.05, 3.63) is 71.9 Å². The molecule has 0 aliphatic heterocycles. The van der Waals surface area contributed by atoms with Crippen molar-refractivity contribution in [3.63, 3.8) is 0 Å². The fourth-order valence-corrected chi connectivity index (χ4v) is 2.98. The Hall–Kier alpha value is -3.08. The summed E-state index contributed by atoms with van der Waals surface area (Å²) in [7, 11) is 0. The van der Waals surface area contributed by atoms with E-state index in [1.807, 2.05) is 42.6 Å². The third-order valence-corrected chi connectivity index (χ3v) is 4.25. The van der Waals surface area contributed by atoms with Gasteiger partial charge in [-0.2, -0.15) is 0 Å². The minimum Gasteiger partial charge on any atom is -0.368 e. The zero-order valence-corrected chi connectivity index (χ0v) is 13.9. The molecule has 0 fully saturated rings. The molecule has 1 atom stereocenters. The van der Waals surface area contributed by atoms with Crippen LogP contribution in [0.4, 0.5) is 0 Å². The van der Waals surface area contributed by atoms with Gasteiger partial charge in [0.1, 0.15) is 6.04 Å². The van der Waals surface area contributed by atoms with Crippen molar-refractivity contribution >= 4 is 22.7 Å². The van der Waals surface area contributed by atoms with Crippen molar-refractivity contribution in [2.45, 2.75) is 25.3 Å². The Morgan fingerprint density at radius 2 is 1.76 bits per heavy atom. The smallest absolute Gasteiger partial charge is 0.244 e. The molecule has 2 amide bonds. The van der Waals surface area contributed by atoms with Crippen molar-refractivity contribution in [2.24, 2.45) is 5.73 Å². The average molecular weight is 335 g/mol. The summed E-state index contributed by atoms with van der Waals surface area (Å²) in [5.74, 6) is -0.733. The molecule has 5 heteroatoms. The van der Waals surface area contributed by atoms with Gasteiger partial charge in [0.15, 0.2) is 0 Å². The molecule has 1 heterocycles. The quantitative estimate of drug-likeness (QED) is 0.620. The van der Waals surface area contributed by atoms with Crippen molar-refractivity contribution in [3.8, 4) is 0 Å². The summed E-state index contributed by atoms with van der Waals surface area (Å²) < 4.78 is 0. The number of aromatic nitrogens is 1. The predicted molar refractivity (Wildman–Crippen MR) is 97.8 cm³/mol. The van der Waals surface area contributed by atoms with Gasteiger partial charge in [0.2, 0.25) is 11.8 Å². The van der Waals surface area contributed by atoms with E-state index in [4.69, 9.17) is 5.73 Å². The number of H-pyrrole nitrogens is 1. The van der Waals surface area contributed by atoms with Crippen LogP contribution in [0.2, 0.25) is 0 Å². The Balaban J connectivity index is 1.56. The topological polar surface area (TPSA) is 88.0 Å². The number of nitrogens with one attached hydrogen (secondary N) is 2. The lowest BCUT2D eigenvalue weighted by Crippen LogP contribution is -2.37. The van der Waals surface area contributed by atoms with E-state index in [1.54, 1.807) is 12.1 Å². The molecule has 0 saturated carbocycles. The first-order chi connectivity index (χ1) is 12.1. The number of carbonyl (C=O) groups excluding carboxylic acids is 2. The molecule has 1 aromatic heterocycles. The number of aromatic amines is 1. The molecule has 25 heavy (non-hydrogen) atoms. The highest BCUT2D eigenvalue weighted by Crippen LogP contribution is 2.19. The van der Waals surface area contributed by atoms with Gasteiger partial charge in [0, 0.05) is 23.5 Å². The number of hydrogen-bond acceptors (Lipinski definition) is 2. The number of hydrogen-bond donors (Lipinski definition) is 3. The Kier molecular flexibility index (Phi) is 5.14. The van der Waals surface area contributed by atoms with Gasteiger partial charge in [-0.15, -0.1) is 0 Å². The van der Waals surface area contributed by atoms with Gasteiger partial charge in [0.25, 0.3) is 0 Å². The minimum absolute atomic E-state index is 0.174. The van der Waals surface area contributed by atoms with Crippen molar-refractivity contribution in [2.75, 3.05) is 0 Å². The van der Waals surface area contributed by atoms with E-state index in [0.29, 0.717) is 18.4 Å². The molecule has 0 spiro atoms. The Morgan fingerprint density at radius 1 is 1.04 bits per heavy atom. The molecule has 0 bridgehead atoms. The number of aryl methyl sites for hydroxylation is 1. The number of rotatable bonds is 7. The zero-order chi connectivity index (χ0) is 17.6. The molecule has 3 aromatic rings. The van der Waals surface area contributed by atoms with Crippen LogP contribution in [0.15, 0.2) is 60.8 Å².